The van der Waals surface area contributed by atoms with E-state index in [1.54, 1.807) is 0 Å². The first-order valence-corrected chi connectivity index (χ1v) is 9.61. The minimum absolute atomic E-state index is 0.336. The number of hydrogen-bond donors (Lipinski definition) is 1. The minimum Gasteiger partial charge on any atom is -0.342 e. The van der Waals surface area contributed by atoms with Crippen LogP contribution in [0, 0.1) is 18.8 Å². The first-order valence-electron chi connectivity index (χ1n) is 9.61. The van der Waals surface area contributed by atoms with Crippen molar-refractivity contribution in [1.82, 2.24) is 19.6 Å². The maximum atomic E-state index is 12.3. The highest BCUT2D eigenvalue weighted by atomic mass is 16.2. The Hall–Kier alpha value is -1.88. The highest BCUT2D eigenvalue weighted by Crippen LogP contribution is 2.33. The maximum absolute atomic E-state index is 12.3. The third-order valence-corrected chi connectivity index (χ3v) is 5.85. The van der Waals surface area contributed by atoms with E-state index in [2.05, 4.69) is 51.8 Å². The zero-order valence-electron chi connectivity index (χ0n) is 15.2. The summed E-state index contributed by atoms with van der Waals surface area (Å²) in [6.07, 6.45) is 8.41. The van der Waals surface area contributed by atoms with E-state index in [4.69, 9.17) is 0 Å². The summed E-state index contributed by atoms with van der Waals surface area (Å²) in [7, 11) is 0. The highest BCUT2D eigenvalue weighted by Gasteiger charge is 2.37. The van der Waals surface area contributed by atoms with Gasteiger partial charge in [0.25, 0.3) is 0 Å². The van der Waals surface area contributed by atoms with Gasteiger partial charge in [0.05, 0.1) is 11.9 Å². The molecule has 3 heterocycles. The van der Waals surface area contributed by atoms with E-state index < -0.39 is 0 Å². The number of fused-ring (bicyclic) bond motifs is 1. The van der Waals surface area contributed by atoms with Gasteiger partial charge in [0.2, 0.25) is 5.91 Å². The molecule has 134 valence electrons. The molecule has 0 spiro atoms. The number of amides is 1. The monoisotopic (exact) mass is 340 g/mol. The van der Waals surface area contributed by atoms with Gasteiger partial charge in [0, 0.05) is 37.8 Å². The van der Waals surface area contributed by atoms with E-state index in [0.29, 0.717) is 23.8 Å². The SMILES string of the molecule is CCC1CN(C(=O)C2CC2)CCC1NCc1cnc2c(C)cccn12. The fraction of sp³-hybridized carbons (Fsp3) is 0.600. The summed E-state index contributed by atoms with van der Waals surface area (Å²) in [6, 6.07) is 4.65. The second kappa shape index (κ2) is 6.79. The molecule has 1 aliphatic heterocycles. The predicted molar refractivity (Wildman–Crippen MR) is 98.3 cm³/mol. The molecule has 2 fully saturated rings. The van der Waals surface area contributed by atoms with E-state index in [9.17, 15) is 4.79 Å². The lowest BCUT2D eigenvalue weighted by Gasteiger charge is -2.39. The van der Waals surface area contributed by atoms with Crippen molar-refractivity contribution in [3.05, 3.63) is 35.8 Å². The van der Waals surface area contributed by atoms with Gasteiger partial charge >= 0.3 is 0 Å². The Morgan fingerprint density at radius 2 is 2.20 bits per heavy atom. The summed E-state index contributed by atoms with van der Waals surface area (Å²) in [6.45, 7) is 6.97. The molecule has 2 unspecified atom stereocenters. The van der Waals surface area contributed by atoms with Crippen molar-refractivity contribution in [2.45, 2.75) is 52.1 Å². The summed E-state index contributed by atoms with van der Waals surface area (Å²) >= 11 is 0. The molecule has 2 aromatic heterocycles. The molecule has 4 rings (SSSR count). The van der Waals surface area contributed by atoms with Crippen LogP contribution in [0.4, 0.5) is 0 Å². The minimum atomic E-state index is 0.336. The average molecular weight is 340 g/mol. The topological polar surface area (TPSA) is 49.6 Å². The lowest BCUT2D eigenvalue weighted by Crippen LogP contribution is -2.51. The van der Waals surface area contributed by atoms with Crippen molar-refractivity contribution >= 4 is 11.6 Å². The first kappa shape index (κ1) is 16.6. The Bertz CT molecular complexity index is 764. The number of rotatable bonds is 5. The zero-order chi connectivity index (χ0) is 17.4. The number of likely N-dealkylation sites (tertiary alicyclic amines) is 1. The van der Waals surface area contributed by atoms with E-state index in [1.807, 2.05) is 6.20 Å². The predicted octanol–water partition coefficient (Wildman–Crippen LogP) is 2.77. The zero-order valence-corrected chi connectivity index (χ0v) is 15.2. The number of hydrogen-bond acceptors (Lipinski definition) is 3. The quantitative estimate of drug-likeness (QED) is 0.910. The van der Waals surface area contributed by atoms with Crippen molar-refractivity contribution in [1.29, 1.82) is 0 Å². The van der Waals surface area contributed by atoms with Crippen molar-refractivity contribution in [2.75, 3.05) is 13.1 Å². The van der Waals surface area contributed by atoms with Gasteiger partial charge < -0.3 is 14.6 Å². The second-order valence-electron chi connectivity index (χ2n) is 7.64. The summed E-state index contributed by atoms with van der Waals surface area (Å²) < 4.78 is 2.18. The molecule has 1 saturated heterocycles. The van der Waals surface area contributed by atoms with Crippen LogP contribution in [-0.2, 0) is 11.3 Å². The Labute approximate surface area is 149 Å². The summed E-state index contributed by atoms with van der Waals surface area (Å²) in [5.74, 6) is 1.27. The number of carbonyl (C=O) groups is 1. The number of aromatic nitrogens is 2. The smallest absolute Gasteiger partial charge is 0.225 e. The summed E-state index contributed by atoms with van der Waals surface area (Å²) in [4.78, 5) is 19.0. The molecule has 2 aromatic rings. The van der Waals surface area contributed by atoms with E-state index in [0.717, 1.165) is 51.0 Å². The number of aryl methyl sites for hydroxylation is 1. The molecule has 1 aliphatic carbocycles. The van der Waals surface area contributed by atoms with Crippen LogP contribution in [-0.4, -0.2) is 39.3 Å². The van der Waals surface area contributed by atoms with Crippen molar-refractivity contribution in [3.63, 3.8) is 0 Å². The van der Waals surface area contributed by atoms with E-state index in [-0.39, 0.29) is 0 Å². The molecule has 0 bridgehead atoms. The Morgan fingerprint density at radius 3 is 2.96 bits per heavy atom. The lowest BCUT2D eigenvalue weighted by molar-refractivity contribution is -0.134. The van der Waals surface area contributed by atoms with Gasteiger partial charge in [0.15, 0.2) is 0 Å². The van der Waals surface area contributed by atoms with Gasteiger partial charge in [-0.2, -0.15) is 0 Å². The molecule has 2 atom stereocenters. The van der Waals surface area contributed by atoms with Crippen LogP contribution in [0.2, 0.25) is 0 Å². The lowest BCUT2D eigenvalue weighted by atomic mass is 9.89. The van der Waals surface area contributed by atoms with E-state index in [1.165, 1.54) is 11.3 Å². The number of carbonyl (C=O) groups excluding carboxylic acids is 1. The molecule has 1 N–H and O–H groups in total. The third-order valence-electron chi connectivity index (χ3n) is 5.85. The maximum Gasteiger partial charge on any atom is 0.225 e. The second-order valence-corrected chi connectivity index (χ2v) is 7.64. The standard InChI is InChI=1S/C20H28N4O/c1-3-15-13-23(20(25)16-6-7-16)10-8-18(15)21-11-17-12-22-19-14(2)5-4-9-24(17)19/h4-5,9,12,15-16,18,21H,3,6-8,10-11,13H2,1-2H3. The molecule has 0 aromatic carbocycles. The number of pyridine rings is 1. The molecular weight excluding hydrogens is 312 g/mol. The number of nitrogens with zero attached hydrogens (tertiary/aromatic N) is 3. The molecule has 1 saturated carbocycles. The molecule has 5 nitrogen and oxygen atoms in total. The van der Waals surface area contributed by atoms with Crippen LogP contribution >= 0.6 is 0 Å². The largest absolute Gasteiger partial charge is 0.342 e. The summed E-state index contributed by atoms with van der Waals surface area (Å²) in [5.41, 5.74) is 3.44. The third kappa shape index (κ3) is 3.30. The van der Waals surface area contributed by atoms with Crippen LogP contribution in [0.3, 0.4) is 0 Å². The first-order chi connectivity index (χ1) is 12.2. The van der Waals surface area contributed by atoms with Crippen molar-refractivity contribution in [3.8, 4) is 0 Å². The van der Waals surface area contributed by atoms with Gasteiger partial charge in [-0.05, 0) is 43.7 Å². The van der Waals surface area contributed by atoms with Crippen LogP contribution in [0.15, 0.2) is 24.5 Å². The van der Waals surface area contributed by atoms with Gasteiger partial charge in [-0.15, -0.1) is 0 Å². The highest BCUT2D eigenvalue weighted by molar-refractivity contribution is 5.81. The Morgan fingerprint density at radius 1 is 1.36 bits per heavy atom. The van der Waals surface area contributed by atoms with E-state index >= 15 is 0 Å². The Kier molecular flexibility index (Phi) is 4.50. The van der Waals surface area contributed by atoms with Crippen molar-refractivity contribution in [2.24, 2.45) is 11.8 Å². The number of nitrogens with one attached hydrogen (secondary N) is 1. The molecule has 2 aliphatic rings. The van der Waals surface area contributed by atoms with Gasteiger partial charge in [0.1, 0.15) is 5.65 Å². The van der Waals surface area contributed by atoms with Gasteiger partial charge in [-0.3, -0.25) is 4.79 Å². The molecule has 5 heteroatoms. The Balaban J connectivity index is 1.40. The van der Waals surface area contributed by atoms with Crippen LogP contribution in [0.5, 0.6) is 0 Å². The summed E-state index contributed by atoms with van der Waals surface area (Å²) in [5, 5.41) is 3.74. The molecular formula is C20H28N4O. The average Bonchev–Trinajstić information content (AvgIpc) is 3.40. The van der Waals surface area contributed by atoms with Crippen molar-refractivity contribution < 1.29 is 4.79 Å². The fourth-order valence-corrected chi connectivity index (χ4v) is 4.07. The molecule has 1 amide bonds. The van der Waals surface area contributed by atoms with Crippen LogP contribution in [0.1, 0.15) is 43.9 Å². The number of imidazole rings is 1. The normalized spacial score (nSPS) is 24.0. The van der Waals surface area contributed by atoms with Crippen LogP contribution in [0.25, 0.3) is 5.65 Å². The van der Waals surface area contributed by atoms with Crippen LogP contribution < -0.4 is 5.32 Å². The fourth-order valence-electron chi connectivity index (χ4n) is 4.07. The number of piperidine rings is 1. The molecule has 25 heavy (non-hydrogen) atoms. The van der Waals surface area contributed by atoms with Gasteiger partial charge in [-0.1, -0.05) is 19.4 Å². The molecule has 0 radical (unpaired) electrons. The van der Waals surface area contributed by atoms with Gasteiger partial charge in [-0.25, -0.2) is 4.98 Å².